The van der Waals surface area contributed by atoms with Gasteiger partial charge in [-0.05, 0) is 42.8 Å². The van der Waals surface area contributed by atoms with Crippen LogP contribution < -0.4 is 0 Å². The number of hydrogen-bond donors (Lipinski definition) is 1. The van der Waals surface area contributed by atoms with E-state index < -0.39 is 0 Å². The van der Waals surface area contributed by atoms with Gasteiger partial charge in [0.2, 0.25) is 0 Å². The summed E-state index contributed by atoms with van der Waals surface area (Å²) in [7, 11) is 0. The van der Waals surface area contributed by atoms with Gasteiger partial charge in [0, 0.05) is 32.9 Å². The molecule has 3 heteroatoms. The van der Waals surface area contributed by atoms with Gasteiger partial charge in [0.1, 0.15) is 12.6 Å². The first-order valence-electron chi connectivity index (χ1n) is 5.69. The van der Waals surface area contributed by atoms with Gasteiger partial charge in [-0.3, -0.25) is 9.59 Å². The Bertz CT molecular complexity index is 784. The molecule has 3 rings (SSSR count). The molecular formula is C15H11NO2. The molecule has 2 aromatic carbocycles. The Morgan fingerprint density at radius 1 is 0.944 bits per heavy atom. The fourth-order valence-corrected chi connectivity index (χ4v) is 2.36. The van der Waals surface area contributed by atoms with E-state index in [1.54, 1.807) is 6.07 Å². The lowest BCUT2D eigenvalue weighted by Gasteiger charge is -1.98. The van der Waals surface area contributed by atoms with E-state index in [-0.39, 0.29) is 0 Å². The van der Waals surface area contributed by atoms with Crippen molar-refractivity contribution in [2.45, 2.75) is 6.92 Å². The highest BCUT2D eigenvalue weighted by atomic mass is 16.1. The number of benzene rings is 2. The molecule has 0 radical (unpaired) electrons. The number of H-pyrrole nitrogens is 1. The highest BCUT2D eigenvalue weighted by Crippen LogP contribution is 2.28. The molecule has 1 N–H and O–H groups in total. The van der Waals surface area contributed by atoms with E-state index in [2.05, 4.69) is 4.98 Å². The minimum atomic E-state index is 0.637. The van der Waals surface area contributed by atoms with Gasteiger partial charge in [-0.15, -0.1) is 0 Å². The number of hydrogen-bond acceptors (Lipinski definition) is 2. The molecule has 3 nitrogen and oxygen atoms in total. The fourth-order valence-electron chi connectivity index (χ4n) is 2.36. The molecule has 0 unspecified atom stereocenters. The number of aryl methyl sites for hydroxylation is 1. The van der Waals surface area contributed by atoms with Crippen LogP contribution in [0.15, 0.2) is 30.3 Å². The molecule has 0 atom stereocenters. The quantitative estimate of drug-likeness (QED) is 0.695. The predicted molar refractivity (Wildman–Crippen MR) is 71.3 cm³/mol. The number of fused-ring (bicyclic) bond motifs is 3. The zero-order chi connectivity index (χ0) is 12.7. The highest BCUT2D eigenvalue weighted by molar-refractivity contribution is 6.10. The summed E-state index contributed by atoms with van der Waals surface area (Å²) in [6.45, 7) is 1.96. The van der Waals surface area contributed by atoms with Crippen molar-refractivity contribution < 1.29 is 9.59 Å². The number of aromatic amines is 1. The molecule has 1 heterocycles. The molecular weight excluding hydrogens is 226 g/mol. The van der Waals surface area contributed by atoms with Crippen molar-refractivity contribution in [3.05, 3.63) is 47.0 Å². The molecule has 0 saturated carbocycles. The third kappa shape index (κ3) is 1.44. The van der Waals surface area contributed by atoms with Gasteiger partial charge in [0.15, 0.2) is 0 Å². The van der Waals surface area contributed by atoms with Crippen LogP contribution in [-0.4, -0.2) is 17.6 Å². The molecule has 0 saturated heterocycles. The number of carbonyl (C=O) groups excluding carboxylic acids is 2. The molecule has 0 fully saturated rings. The minimum absolute atomic E-state index is 0.637. The SMILES string of the molecule is Cc1cc(C=O)cc2c1[nH]c1ccc(C=O)cc12. The van der Waals surface area contributed by atoms with Crippen LogP contribution in [0.4, 0.5) is 0 Å². The van der Waals surface area contributed by atoms with Crippen molar-refractivity contribution in [3.8, 4) is 0 Å². The van der Waals surface area contributed by atoms with Crippen LogP contribution in [0, 0.1) is 6.92 Å². The second-order valence-corrected chi connectivity index (χ2v) is 4.43. The summed E-state index contributed by atoms with van der Waals surface area (Å²) >= 11 is 0. The first-order valence-corrected chi connectivity index (χ1v) is 5.69. The number of nitrogens with one attached hydrogen (secondary N) is 1. The fraction of sp³-hybridized carbons (Fsp3) is 0.0667. The lowest BCUT2D eigenvalue weighted by Crippen LogP contribution is -1.83. The highest BCUT2D eigenvalue weighted by Gasteiger charge is 2.08. The Hall–Kier alpha value is -2.42. The van der Waals surface area contributed by atoms with Gasteiger partial charge in [0.05, 0.1) is 0 Å². The normalized spacial score (nSPS) is 10.9. The monoisotopic (exact) mass is 237 g/mol. The Labute approximate surface area is 103 Å². The van der Waals surface area contributed by atoms with E-state index in [1.165, 1.54) is 0 Å². The van der Waals surface area contributed by atoms with E-state index in [9.17, 15) is 9.59 Å². The van der Waals surface area contributed by atoms with Crippen LogP contribution in [0.1, 0.15) is 26.3 Å². The van der Waals surface area contributed by atoms with Crippen LogP contribution in [0.3, 0.4) is 0 Å². The van der Waals surface area contributed by atoms with Crippen LogP contribution >= 0.6 is 0 Å². The van der Waals surface area contributed by atoms with E-state index in [1.807, 2.05) is 31.2 Å². The minimum Gasteiger partial charge on any atom is -0.354 e. The average molecular weight is 237 g/mol. The van der Waals surface area contributed by atoms with Crippen molar-refractivity contribution in [1.82, 2.24) is 4.98 Å². The predicted octanol–water partition coefficient (Wildman–Crippen LogP) is 3.25. The van der Waals surface area contributed by atoms with Gasteiger partial charge < -0.3 is 4.98 Å². The summed E-state index contributed by atoms with van der Waals surface area (Å²) in [6, 6.07) is 9.21. The Morgan fingerprint density at radius 2 is 1.67 bits per heavy atom. The van der Waals surface area contributed by atoms with E-state index in [4.69, 9.17) is 0 Å². The first-order chi connectivity index (χ1) is 8.72. The Kier molecular flexibility index (Phi) is 2.27. The topological polar surface area (TPSA) is 49.9 Å². The summed E-state index contributed by atoms with van der Waals surface area (Å²) in [4.78, 5) is 25.1. The van der Waals surface area contributed by atoms with Gasteiger partial charge >= 0.3 is 0 Å². The van der Waals surface area contributed by atoms with Crippen molar-refractivity contribution in [2.75, 3.05) is 0 Å². The van der Waals surface area contributed by atoms with E-state index in [0.717, 1.165) is 39.9 Å². The molecule has 18 heavy (non-hydrogen) atoms. The maximum absolute atomic E-state index is 10.9. The van der Waals surface area contributed by atoms with Crippen molar-refractivity contribution in [3.63, 3.8) is 0 Å². The summed E-state index contributed by atoms with van der Waals surface area (Å²) in [5.74, 6) is 0. The average Bonchev–Trinajstić information content (AvgIpc) is 2.77. The van der Waals surface area contributed by atoms with Crippen LogP contribution in [-0.2, 0) is 0 Å². The summed E-state index contributed by atoms with van der Waals surface area (Å²) in [5.41, 5.74) is 4.30. The van der Waals surface area contributed by atoms with Crippen molar-refractivity contribution >= 4 is 34.4 Å². The molecule has 88 valence electrons. The number of aldehydes is 2. The standard InChI is InChI=1S/C15H11NO2/c1-9-4-11(8-18)6-13-12-5-10(7-17)2-3-14(12)16-15(9)13/h2-8,16H,1H3. The number of rotatable bonds is 2. The zero-order valence-corrected chi connectivity index (χ0v) is 9.86. The summed E-state index contributed by atoms with van der Waals surface area (Å²) < 4.78 is 0. The van der Waals surface area contributed by atoms with Gasteiger partial charge in [-0.25, -0.2) is 0 Å². The van der Waals surface area contributed by atoms with Crippen LogP contribution in [0.2, 0.25) is 0 Å². The van der Waals surface area contributed by atoms with Gasteiger partial charge in [-0.2, -0.15) is 0 Å². The maximum atomic E-state index is 10.9. The number of carbonyl (C=O) groups is 2. The molecule has 0 aliphatic rings. The van der Waals surface area contributed by atoms with Crippen molar-refractivity contribution in [1.29, 1.82) is 0 Å². The second kappa shape index (κ2) is 3.81. The molecule has 0 amide bonds. The first kappa shape index (κ1) is 10.7. The molecule has 1 aromatic heterocycles. The summed E-state index contributed by atoms with van der Waals surface area (Å²) in [5, 5.41) is 1.96. The number of aromatic nitrogens is 1. The van der Waals surface area contributed by atoms with E-state index >= 15 is 0 Å². The largest absolute Gasteiger partial charge is 0.354 e. The Balaban J connectivity index is 2.49. The van der Waals surface area contributed by atoms with Crippen LogP contribution in [0.25, 0.3) is 21.8 Å². The third-order valence-electron chi connectivity index (χ3n) is 3.22. The second-order valence-electron chi connectivity index (χ2n) is 4.43. The zero-order valence-electron chi connectivity index (χ0n) is 9.86. The molecule has 0 spiro atoms. The van der Waals surface area contributed by atoms with Crippen LogP contribution in [0.5, 0.6) is 0 Å². The van der Waals surface area contributed by atoms with Crippen molar-refractivity contribution in [2.24, 2.45) is 0 Å². The molecule has 3 aromatic rings. The Morgan fingerprint density at radius 3 is 2.39 bits per heavy atom. The lowest BCUT2D eigenvalue weighted by atomic mass is 10.0. The maximum Gasteiger partial charge on any atom is 0.150 e. The van der Waals surface area contributed by atoms with Gasteiger partial charge in [0.25, 0.3) is 0 Å². The molecule has 0 aliphatic carbocycles. The molecule has 0 bridgehead atoms. The van der Waals surface area contributed by atoms with Gasteiger partial charge in [-0.1, -0.05) is 0 Å². The third-order valence-corrected chi connectivity index (χ3v) is 3.22. The molecule has 0 aliphatic heterocycles. The van der Waals surface area contributed by atoms with E-state index in [0.29, 0.717) is 11.1 Å². The smallest absolute Gasteiger partial charge is 0.150 e. The lowest BCUT2D eigenvalue weighted by molar-refractivity contribution is 0.111. The summed E-state index contributed by atoms with van der Waals surface area (Å²) in [6.07, 6.45) is 1.67.